The summed E-state index contributed by atoms with van der Waals surface area (Å²) in [6, 6.07) is 0. The Hall–Kier alpha value is -0.530. The standard InChI is InChI=1S/C5H8F2N2O2S/c6-5(7)2-10-1-3(5)11-4(12)9-8/h3H,1-2,8H2,(H,9,12). The average Bonchev–Trinajstić information content (AvgIpc) is 2.31. The Labute approximate surface area is 73.0 Å². The van der Waals surface area contributed by atoms with Gasteiger partial charge < -0.3 is 9.47 Å². The van der Waals surface area contributed by atoms with Crippen LogP contribution in [0.2, 0.25) is 0 Å². The van der Waals surface area contributed by atoms with Crippen LogP contribution in [0.5, 0.6) is 0 Å². The quantitative estimate of drug-likeness (QED) is 0.347. The monoisotopic (exact) mass is 198 g/mol. The molecule has 0 aromatic heterocycles. The molecule has 0 aliphatic carbocycles. The maximum Gasteiger partial charge on any atom is 0.309 e. The number of rotatable bonds is 1. The van der Waals surface area contributed by atoms with E-state index < -0.39 is 18.6 Å². The van der Waals surface area contributed by atoms with Crippen molar-refractivity contribution in [3.8, 4) is 0 Å². The van der Waals surface area contributed by atoms with Gasteiger partial charge in [-0.05, 0) is 12.2 Å². The van der Waals surface area contributed by atoms with E-state index in [0.717, 1.165) is 0 Å². The minimum atomic E-state index is -2.99. The molecule has 1 unspecified atom stereocenters. The van der Waals surface area contributed by atoms with Gasteiger partial charge in [0.2, 0.25) is 0 Å². The third-order valence-electron chi connectivity index (χ3n) is 1.40. The van der Waals surface area contributed by atoms with Gasteiger partial charge in [-0.25, -0.2) is 5.84 Å². The van der Waals surface area contributed by atoms with Gasteiger partial charge in [-0.1, -0.05) is 0 Å². The largest absolute Gasteiger partial charge is 0.458 e. The second kappa shape index (κ2) is 3.46. The van der Waals surface area contributed by atoms with E-state index in [1.807, 2.05) is 5.43 Å². The molecule has 0 radical (unpaired) electrons. The molecule has 1 saturated heterocycles. The lowest BCUT2D eigenvalue weighted by Crippen LogP contribution is -2.41. The summed E-state index contributed by atoms with van der Waals surface area (Å²) in [7, 11) is 0. The van der Waals surface area contributed by atoms with Gasteiger partial charge in [0.15, 0.2) is 6.10 Å². The molecular weight excluding hydrogens is 190 g/mol. The first-order valence-corrected chi connectivity index (χ1v) is 3.60. The molecule has 0 bridgehead atoms. The van der Waals surface area contributed by atoms with E-state index in [0.29, 0.717) is 0 Å². The SMILES string of the molecule is NNC(=S)OC1COCC1(F)F. The first-order valence-electron chi connectivity index (χ1n) is 3.19. The number of alkyl halides is 2. The molecule has 0 aromatic carbocycles. The Kier molecular flexibility index (Phi) is 2.76. The number of nitrogens with one attached hydrogen (secondary N) is 1. The molecule has 3 N–H and O–H groups in total. The molecule has 0 amide bonds. The van der Waals surface area contributed by atoms with Crippen LogP contribution in [0.15, 0.2) is 0 Å². The molecule has 0 spiro atoms. The zero-order valence-electron chi connectivity index (χ0n) is 6.05. The van der Waals surface area contributed by atoms with E-state index in [1.54, 1.807) is 0 Å². The van der Waals surface area contributed by atoms with E-state index in [2.05, 4.69) is 21.7 Å². The summed E-state index contributed by atoms with van der Waals surface area (Å²) in [5, 5.41) is -0.259. The van der Waals surface area contributed by atoms with Crippen molar-refractivity contribution in [3.05, 3.63) is 0 Å². The van der Waals surface area contributed by atoms with Crippen molar-refractivity contribution in [3.63, 3.8) is 0 Å². The molecule has 1 heterocycles. The second-order valence-electron chi connectivity index (χ2n) is 2.31. The summed E-state index contributed by atoms with van der Waals surface area (Å²) < 4.78 is 34.6. The van der Waals surface area contributed by atoms with Crippen molar-refractivity contribution in [1.82, 2.24) is 5.43 Å². The highest BCUT2D eigenvalue weighted by Crippen LogP contribution is 2.27. The summed E-state index contributed by atoms with van der Waals surface area (Å²) >= 11 is 4.45. The van der Waals surface area contributed by atoms with E-state index >= 15 is 0 Å². The lowest BCUT2D eigenvalue weighted by Gasteiger charge is -2.17. The van der Waals surface area contributed by atoms with Crippen LogP contribution in [-0.4, -0.2) is 30.4 Å². The first-order chi connectivity index (χ1) is 5.56. The Morgan fingerprint density at radius 3 is 2.83 bits per heavy atom. The normalized spacial score (nSPS) is 26.8. The van der Waals surface area contributed by atoms with Gasteiger partial charge in [-0.3, -0.25) is 5.43 Å². The van der Waals surface area contributed by atoms with Crippen LogP contribution in [-0.2, 0) is 9.47 Å². The zero-order chi connectivity index (χ0) is 9.19. The van der Waals surface area contributed by atoms with Crippen LogP contribution >= 0.6 is 12.2 Å². The molecule has 1 rings (SSSR count). The number of nitrogens with two attached hydrogens (primary N) is 1. The highest BCUT2D eigenvalue weighted by Gasteiger charge is 2.47. The minimum absolute atomic E-state index is 0.172. The molecule has 7 heteroatoms. The van der Waals surface area contributed by atoms with Gasteiger partial charge in [0, 0.05) is 0 Å². The smallest absolute Gasteiger partial charge is 0.309 e. The summed E-state index contributed by atoms with van der Waals surface area (Å²) in [5.74, 6) is 1.85. The van der Waals surface area contributed by atoms with Gasteiger partial charge in [-0.2, -0.15) is 8.78 Å². The predicted octanol–water partition coefficient (Wildman–Crippen LogP) is -0.215. The fourth-order valence-electron chi connectivity index (χ4n) is 0.800. The van der Waals surface area contributed by atoms with E-state index in [4.69, 9.17) is 5.84 Å². The Morgan fingerprint density at radius 1 is 1.75 bits per heavy atom. The molecule has 4 nitrogen and oxygen atoms in total. The van der Waals surface area contributed by atoms with Crippen LogP contribution < -0.4 is 11.3 Å². The summed E-state index contributed by atoms with van der Waals surface area (Å²) in [4.78, 5) is 0. The van der Waals surface area contributed by atoms with E-state index in [-0.39, 0.29) is 11.8 Å². The van der Waals surface area contributed by atoms with E-state index in [1.165, 1.54) is 0 Å². The molecule has 1 fully saturated rings. The summed E-state index contributed by atoms with van der Waals surface area (Å²) in [6.45, 7) is -0.806. The molecule has 12 heavy (non-hydrogen) atoms. The van der Waals surface area contributed by atoms with Crippen molar-refractivity contribution >= 4 is 17.4 Å². The molecule has 70 valence electrons. The van der Waals surface area contributed by atoms with Crippen molar-refractivity contribution < 1.29 is 18.3 Å². The van der Waals surface area contributed by atoms with Gasteiger partial charge in [0.1, 0.15) is 6.61 Å². The van der Waals surface area contributed by atoms with Crippen molar-refractivity contribution in [2.75, 3.05) is 13.2 Å². The number of hydrazine groups is 1. The number of halogens is 2. The second-order valence-corrected chi connectivity index (χ2v) is 2.69. The molecule has 1 atom stereocenters. The molecule has 1 aliphatic rings. The third kappa shape index (κ3) is 1.99. The van der Waals surface area contributed by atoms with Crippen molar-refractivity contribution in [1.29, 1.82) is 0 Å². The van der Waals surface area contributed by atoms with Crippen LogP contribution in [0.25, 0.3) is 0 Å². The number of ether oxygens (including phenoxy) is 2. The minimum Gasteiger partial charge on any atom is -0.458 e. The van der Waals surface area contributed by atoms with Gasteiger partial charge in [0.25, 0.3) is 5.17 Å². The lowest BCUT2D eigenvalue weighted by atomic mass is 10.2. The number of hydrogen-bond acceptors (Lipinski definition) is 4. The van der Waals surface area contributed by atoms with Crippen molar-refractivity contribution in [2.45, 2.75) is 12.0 Å². The van der Waals surface area contributed by atoms with Crippen LogP contribution in [0, 0.1) is 0 Å². The molecule has 0 aromatic rings. The highest BCUT2D eigenvalue weighted by atomic mass is 32.1. The third-order valence-corrected chi connectivity index (χ3v) is 1.62. The van der Waals surface area contributed by atoms with Gasteiger partial charge >= 0.3 is 5.92 Å². The molecular formula is C5H8F2N2O2S. The van der Waals surface area contributed by atoms with Crippen LogP contribution in [0.3, 0.4) is 0 Å². The zero-order valence-corrected chi connectivity index (χ0v) is 6.87. The highest BCUT2D eigenvalue weighted by molar-refractivity contribution is 7.80. The predicted molar refractivity (Wildman–Crippen MR) is 40.6 cm³/mol. The average molecular weight is 198 g/mol. The maximum atomic E-state index is 12.7. The lowest BCUT2D eigenvalue weighted by molar-refractivity contribution is -0.0704. The fourth-order valence-corrected chi connectivity index (χ4v) is 0.917. The van der Waals surface area contributed by atoms with Crippen LogP contribution in [0.1, 0.15) is 0 Å². The fraction of sp³-hybridized carbons (Fsp3) is 0.800. The van der Waals surface area contributed by atoms with Crippen LogP contribution in [0.4, 0.5) is 8.78 Å². The molecule has 0 saturated carbocycles. The number of thiocarbonyl (C=S) groups is 1. The van der Waals surface area contributed by atoms with Gasteiger partial charge in [0.05, 0.1) is 6.61 Å². The molecule has 1 aliphatic heterocycles. The Morgan fingerprint density at radius 2 is 2.42 bits per heavy atom. The maximum absolute atomic E-state index is 12.7. The number of hydrogen-bond donors (Lipinski definition) is 2. The topological polar surface area (TPSA) is 56.5 Å². The Balaban J connectivity index is 2.47. The van der Waals surface area contributed by atoms with Gasteiger partial charge in [-0.15, -0.1) is 0 Å². The summed E-state index contributed by atoms with van der Waals surface area (Å²) in [6.07, 6.45) is -1.33. The van der Waals surface area contributed by atoms with Crippen molar-refractivity contribution in [2.24, 2.45) is 5.84 Å². The first kappa shape index (κ1) is 9.56. The summed E-state index contributed by atoms with van der Waals surface area (Å²) in [5.41, 5.74) is 1.95. The van der Waals surface area contributed by atoms with E-state index in [9.17, 15) is 8.78 Å². The Bertz CT molecular complexity index is 190.